The van der Waals surface area contributed by atoms with Crippen molar-refractivity contribution < 1.29 is 14.3 Å². The highest BCUT2D eigenvalue weighted by molar-refractivity contribution is 9.10. The molecule has 0 heterocycles. The van der Waals surface area contributed by atoms with E-state index in [0.717, 1.165) is 22.9 Å². The molecule has 0 aliphatic rings. The van der Waals surface area contributed by atoms with E-state index < -0.39 is 0 Å². The Morgan fingerprint density at radius 1 is 1.21 bits per heavy atom. The minimum Gasteiger partial charge on any atom is -0.493 e. The van der Waals surface area contributed by atoms with Gasteiger partial charge in [0.2, 0.25) is 0 Å². The molecule has 2 rings (SSSR count). The number of carbonyl (C=O) groups excluding carboxylic acids is 1. The molecule has 0 unspecified atom stereocenters. The number of hydrogen-bond acceptors (Lipinski definition) is 4. The number of halogens is 2. The van der Waals surface area contributed by atoms with E-state index in [1.54, 1.807) is 37.6 Å². The molecule has 7 heteroatoms. The van der Waals surface area contributed by atoms with Crippen LogP contribution in [0.25, 0.3) is 0 Å². The first-order valence-electron chi connectivity index (χ1n) is 9.14. The number of carbonyl (C=O) groups is 1. The van der Waals surface area contributed by atoms with Crippen LogP contribution in [0, 0.1) is 0 Å². The third-order valence-corrected chi connectivity index (χ3v) is 4.82. The van der Waals surface area contributed by atoms with Crippen LogP contribution in [0.15, 0.2) is 46.0 Å². The molecule has 0 aliphatic heterocycles. The first-order valence-corrected chi connectivity index (χ1v) is 10.3. The van der Waals surface area contributed by atoms with Crippen LogP contribution >= 0.6 is 27.5 Å². The molecule has 0 saturated heterocycles. The number of benzene rings is 2. The van der Waals surface area contributed by atoms with Crippen molar-refractivity contribution in [1.29, 1.82) is 0 Å². The summed E-state index contributed by atoms with van der Waals surface area (Å²) < 4.78 is 12.1. The summed E-state index contributed by atoms with van der Waals surface area (Å²) in [6.45, 7) is 2.82. The van der Waals surface area contributed by atoms with Gasteiger partial charge in [0.15, 0.2) is 11.5 Å². The highest BCUT2D eigenvalue weighted by Crippen LogP contribution is 2.36. The van der Waals surface area contributed by atoms with E-state index in [1.807, 2.05) is 12.1 Å². The number of nitrogens with one attached hydrogen (secondary N) is 1. The quantitative estimate of drug-likeness (QED) is 0.271. The molecule has 0 bridgehead atoms. The maximum Gasteiger partial charge on any atom is 0.271 e. The molecule has 0 fully saturated rings. The number of hydrazone groups is 1. The zero-order chi connectivity index (χ0) is 20.4. The van der Waals surface area contributed by atoms with Gasteiger partial charge in [-0.15, -0.1) is 0 Å². The third kappa shape index (κ3) is 6.84. The van der Waals surface area contributed by atoms with E-state index in [4.69, 9.17) is 21.1 Å². The Labute approximate surface area is 179 Å². The zero-order valence-electron chi connectivity index (χ0n) is 16.0. The predicted octanol–water partition coefficient (Wildman–Crippen LogP) is 5.83. The van der Waals surface area contributed by atoms with Gasteiger partial charge in [0.05, 0.1) is 24.4 Å². The maximum atomic E-state index is 12.1. The summed E-state index contributed by atoms with van der Waals surface area (Å²) in [6, 6.07) is 10.3. The molecule has 2 aromatic rings. The van der Waals surface area contributed by atoms with E-state index in [-0.39, 0.29) is 5.91 Å². The third-order valence-electron chi connectivity index (χ3n) is 3.98. The van der Waals surface area contributed by atoms with E-state index in [2.05, 4.69) is 33.4 Å². The van der Waals surface area contributed by atoms with Crippen molar-refractivity contribution in [3.8, 4) is 11.5 Å². The van der Waals surface area contributed by atoms with Gasteiger partial charge in [-0.05, 0) is 64.3 Å². The van der Waals surface area contributed by atoms with Gasteiger partial charge in [0, 0.05) is 10.6 Å². The molecular weight excluding hydrogens is 444 g/mol. The monoisotopic (exact) mass is 466 g/mol. The van der Waals surface area contributed by atoms with Crippen LogP contribution in [0.2, 0.25) is 5.02 Å². The number of ether oxygens (including phenoxy) is 2. The van der Waals surface area contributed by atoms with Gasteiger partial charge in [-0.2, -0.15) is 5.10 Å². The number of rotatable bonds is 10. The number of nitrogens with zero attached hydrogens (tertiary/aromatic N) is 1. The lowest BCUT2D eigenvalue weighted by molar-refractivity contribution is 0.0955. The van der Waals surface area contributed by atoms with E-state index in [1.165, 1.54) is 12.8 Å². The van der Waals surface area contributed by atoms with Crippen molar-refractivity contribution in [3.05, 3.63) is 57.0 Å². The molecule has 1 amide bonds. The van der Waals surface area contributed by atoms with Crippen LogP contribution in [0.1, 0.15) is 48.5 Å². The van der Waals surface area contributed by atoms with Crippen molar-refractivity contribution in [2.75, 3.05) is 13.7 Å². The predicted molar refractivity (Wildman–Crippen MR) is 117 cm³/mol. The van der Waals surface area contributed by atoms with E-state index >= 15 is 0 Å². The summed E-state index contributed by atoms with van der Waals surface area (Å²) in [5, 5.41) is 4.58. The molecular formula is C21H24BrClN2O3. The smallest absolute Gasteiger partial charge is 0.271 e. The number of hydrogen-bond donors (Lipinski definition) is 1. The highest BCUT2D eigenvalue weighted by atomic mass is 79.9. The van der Waals surface area contributed by atoms with Gasteiger partial charge in [-0.1, -0.05) is 37.8 Å². The van der Waals surface area contributed by atoms with Crippen molar-refractivity contribution in [1.82, 2.24) is 5.43 Å². The molecule has 0 spiro atoms. The Bertz CT molecular complexity index is 810. The maximum absolute atomic E-state index is 12.1. The topological polar surface area (TPSA) is 59.9 Å². The van der Waals surface area contributed by atoms with Gasteiger partial charge in [-0.3, -0.25) is 4.79 Å². The average molecular weight is 468 g/mol. The molecule has 0 aliphatic carbocycles. The average Bonchev–Trinajstić information content (AvgIpc) is 2.69. The lowest BCUT2D eigenvalue weighted by Crippen LogP contribution is -2.17. The summed E-state index contributed by atoms with van der Waals surface area (Å²) in [6.07, 6.45) is 6.10. The van der Waals surface area contributed by atoms with Gasteiger partial charge in [0.25, 0.3) is 5.91 Å². The Balaban J connectivity index is 1.99. The molecule has 2 aromatic carbocycles. The Morgan fingerprint density at radius 2 is 1.96 bits per heavy atom. The fourth-order valence-corrected chi connectivity index (χ4v) is 3.19. The van der Waals surface area contributed by atoms with Crippen molar-refractivity contribution in [2.24, 2.45) is 5.10 Å². The van der Waals surface area contributed by atoms with Crippen molar-refractivity contribution in [3.63, 3.8) is 0 Å². The highest BCUT2D eigenvalue weighted by Gasteiger charge is 2.11. The standard InChI is InChI=1S/C21H24BrClN2O3/c1-3-4-5-6-11-28-20-18(22)12-15(13-19(20)27-2)14-24-25-21(26)16-7-9-17(23)10-8-16/h7-10,12-14H,3-6,11H2,1-2H3,(H,25,26)/b24-14+. The Hall–Kier alpha value is -2.05. The first-order chi connectivity index (χ1) is 13.5. The second kappa shape index (κ2) is 11.7. The molecule has 0 saturated carbocycles. The van der Waals surface area contributed by atoms with Crippen molar-refractivity contribution in [2.45, 2.75) is 32.6 Å². The van der Waals surface area contributed by atoms with E-state index in [9.17, 15) is 4.79 Å². The summed E-state index contributed by atoms with van der Waals surface area (Å²) in [5.74, 6) is 0.961. The van der Waals surface area contributed by atoms with Crippen LogP contribution in [0.3, 0.4) is 0 Å². The number of unbranched alkanes of at least 4 members (excludes halogenated alkanes) is 3. The minimum absolute atomic E-state index is 0.314. The first kappa shape index (κ1) is 22.2. The number of methoxy groups -OCH3 is 1. The summed E-state index contributed by atoms with van der Waals surface area (Å²) in [7, 11) is 1.59. The second-order valence-electron chi connectivity index (χ2n) is 6.15. The lowest BCUT2D eigenvalue weighted by atomic mass is 10.2. The fourth-order valence-electron chi connectivity index (χ4n) is 2.49. The second-order valence-corrected chi connectivity index (χ2v) is 7.44. The van der Waals surface area contributed by atoms with Gasteiger partial charge < -0.3 is 9.47 Å². The largest absolute Gasteiger partial charge is 0.493 e. The SMILES string of the molecule is CCCCCCOc1c(Br)cc(/C=N/NC(=O)c2ccc(Cl)cc2)cc1OC. The fraction of sp³-hybridized carbons (Fsp3) is 0.333. The Morgan fingerprint density at radius 3 is 2.64 bits per heavy atom. The van der Waals surface area contributed by atoms with Crippen LogP contribution in [0.4, 0.5) is 0 Å². The molecule has 5 nitrogen and oxygen atoms in total. The zero-order valence-corrected chi connectivity index (χ0v) is 18.3. The number of amides is 1. The molecule has 0 aromatic heterocycles. The summed E-state index contributed by atoms with van der Waals surface area (Å²) >= 11 is 9.34. The molecule has 150 valence electrons. The minimum atomic E-state index is -0.314. The van der Waals surface area contributed by atoms with Crippen molar-refractivity contribution >= 4 is 39.7 Å². The van der Waals surface area contributed by atoms with Crippen LogP contribution in [0.5, 0.6) is 11.5 Å². The summed E-state index contributed by atoms with van der Waals surface area (Å²) in [5.41, 5.74) is 3.73. The normalized spacial score (nSPS) is 10.9. The van der Waals surface area contributed by atoms with E-state index in [0.29, 0.717) is 28.7 Å². The van der Waals surface area contributed by atoms with Gasteiger partial charge in [-0.25, -0.2) is 5.43 Å². The van der Waals surface area contributed by atoms with Crippen LogP contribution in [-0.4, -0.2) is 25.8 Å². The van der Waals surface area contributed by atoms with Gasteiger partial charge >= 0.3 is 0 Å². The Kier molecular flexibility index (Phi) is 9.31. The molecule has 1 N–H and O–H groups in total. The molecule has 0 radical (unpaired) electrons. The van der Waals surface area contributed by atoms with Crippen LogP contribution in [-0.2, 0) is 0 Å². The molecule has 0 atom stereocenters. The lowest BCUT2D eigenvalue weighted by Gasteiger charge is -2.13. The molecule has 28 heavy (non-hydrogen) atoms. The van der Waals surface area contributed by atoms with Crippen LogP contribution < -0.4 is 14.9 Å². The van der Waals surface area contributed by atoms with Gasteiger partial charge in [0.1, 0.15) is 0 Å². The summed E-state index contributed by atoms with van der Waals surface area (Å²) in [4.78, 5) is 12.1.